The van der Waals surface area contributed by atoms with Crippen LogP contribution in [0.4, 0.5) is 0 Å². The van der Waals surface area contributed by atoms with Gasteiger partial charge in [-0.15, -0.1) is 0 Å². The summed E-state index contributed by atoms with van der Waals surface area (Å²) in [6.07, 6.45) is 6.68. The molecule has 2 aromatic rings. The predicted octanol–water partition coefficient (Wildman–Crippen LogP) is 2.95. The number of nitrogens with zero attached hydrogens (tertiary/aromatic N) is 2. The Labute approximate surface area is 141 Å². The van der Waals surface area contributed by atoms with Crippen molar-refractivity contribution in [3.8, 4) is 11.5 Å². The van der Waals surface area contributed by atoms with Gasteiger partial charge in [0.1, 0.15) is 5.69 Å². The summed E-state index contributed by atoms with van der Waals surface area (Å²) >= 11 is 0. The van der Waals surface area contributed by atoms with Crippen molar-refractivity contribution < 1.29 is 14.3 Å². The Bertz CT molecular complexity index is 705. The van der Waals surface area contributed by atoms with Crippen LogP contribution in [0.25, 0.3) is 0 Å². The zero-order valence-corrected chi connectivity index (χ0v) is 14.1. The number of hydrogen-bond acceptors (Lipinski definition) is 4. The van der Waals surface area contributed by atoms with Gasteiger partial charge in [-0.1, -0.05) is 18.9 Å². The van der Waals surface area contributed by atoms with Crippen molar-refractivity contribution >= 4 is 5.91 Å². The molecule has 0 unspecified atom stereocenters. The first kappa shape index (κ1) is 16.4. The van der Waals surface area contributed by atoms with Crippen LogP contribution in [0, 0.1) is 0 Å². The molecule has 6 nitrogen and oxygen atoms in total. The van der Waals surface area contributed by atoms with E-state index < -0.39 is 0 Å². The molecule has 1 aromatic heterocycles. The lowest BCUT2D eigenvalue weighted by Gasteiger charge is -2.10. The minimum Gasteiger partial charge on any atom is -0.493 e. The fourth-order valence-electron chi connectivity index (χ4n) is 3.09. The third-order valence-corrected chi connectivity index (χ3v) is 4.44. The first-order valence-corrected chi connectivity index (χ1v) is 8.25. The average Bonchev–Trinajstić information content (AvgIpc) is 3.30. The number of nitrogens with one attached hydrogen (secondary N) is 1. The van der Waals surface area contributed by atoms with Crippen LogP contribution in [-0.4, -0.2) is 29.9 Å². The van der Waals surface area contributed by atoms with E-state index in [0.29, 0.717) is 29.8 Å². The number of carbonyl (C=O) groups is 1. The molecular weight excluding hydrogens is 306 g/mol. The fourth-order valence-corrected chi connectivity index (χ4v) is 3.09. The van der Waals surface area contributed by atoms with E-state index in [1.54, 1.807) is 20.3 Å². The molecule has 0 spiro atoms. The lowest BCUT2D eigenvalue weighted by molar-refractivity contribution is 0.0944. The molecular formula is C18H23N3O3. The molecule has 0 bridgehead atoms. The van der Waals surface area contributed by atoms with Crippen LogP contribution in [0.2, 0.25) is 0 Å². The van der Waals surface area contributed by atoms with Gasteiger partial charge in [-0.05, 0) is 36.6 Å². The number of amides is 1. The molecule has 1 saturated carbocycles. The topological polar surface area (TPSA) is 65.4 Å². The van der Waals surface area contributed by atoms with E-state index in [0.717, 1.165) is 18.4 Å². The van der Waals surface area contributed by atoms with Gasteiger partial charge in [-0.3, -0.25) is 9.48 Å². The Morgan fingerprint density at radius 2 is 1.96 bits per heavy atom. The predicted molar refractivity (Wildman–Crippen MR) is 90.4 cm³/mol. The summed E-state index contributed by atoms with van der Waals surface area (Å²) in [5.41, 5.74) is 1.40. The molecule has 6 heteroatoms. The molecule has 1 amide bonds. The quantitative estimate of drug-likeness (QED) is 0.885. The Hall–Kier alpha value is -2.50. The number of rotatable bonds is 6. The molecule has 1 heterocycles. The number of aromatic nitrogens is 2. The van der Waals surface area contributed by atoms with Gasteiger partial charge in [0.05, 0.1) is 20.3 Å². The van der Waals surface area contributed by atoms with Crippen LogP contribution in [0.15, 0.2) is 30.5 Å². The van der Waals surface area contributed by atoms with E-state index >= 15 is 0 Å². The highest BCUT2D eigenvalue weighted by Crippen LogP contribution is 2.29. The summed E-state index contributed by atoms with van der Waals surface area (Å²) in [5, 5.41) is 7.32. The molecule has 0 atom stereocenters. The van der Waals surface area contributed by atoms with Crippen molar-refractivity contribution in [3.05, 3.63) is 41.7 Å². The third-order valence-electron chi connectivity index (χ3n) is 4.44. The largest absolute Gasteiger partial charge is 0.493 e. The van der Waals surface area contributed by atoms with Crippen molar-refractivity contribution in [2.45, 2.75) is 38.3 Å². The number of methoxy groups -OCH3 is 2. The first-order valence-electron chi connectivity index (χ1n) is 8.25. The van der Waals surface area contributed by atoms with Gasteiger partial charge in [-0.25, -0.2) is 0 Å². The lowest BCUT2D eigenvalue weighted by Crippen LogP contribution is -2.23. The standard InChI is InChI=1S/C18H23N3O3/c1-23-16-8-7-13(11-17(16)24-2)12-19-18(22)15-9-10-21(20-15)14-5-3-4-6-14/h7-11,14H,3-6,12H2,1-2H3,(H,19,22). The van der Waals surface area contributed by atoms with Crippen LogP contribution in [0.3, 0.4) is 0 Å². The van der Waals surface area contributed by atoms with E-state index in [1.165, 1.54) is 12.8 Å². The zero-order valence-electron chi connectivity index (χ0n) is 14.1. The second kappa shape index (κ2) is 7.38. The van der Waals surface area contributed by atoms with Crippen molar-refractivity contribution in [2.24, 2.45) is 0 Å². The van der Waals surface area contributed by atoms with Gasteiger partial charge in [0.15, 0.2) is 11.5 Å². The number of benzene rings is 1. The van der Waals surface area contributed by atoms with Gasteiger partial charge >= 0.3 is 0 Å². The molecule has 0 radical (unpaired) electrons. The minimum atomic E-state index is -0.165. The Kier molecular flexibility index (Phi) is 5.03. The highest BCUT2D eigenvalue weighted by Gasteiger charge is 2.19. The number of hydrogen-bond donors (Lipinski definition) is 1. The Balaban J connectivity index is 1.61. The maximum Gasteiger partial charge on any atom is 0.272 e. The summed E-state index contributed by atoms with van der Waals surface area (Å²) in [4.78, 5) is 12.3. The molecule has 24 heavy (non-hydrogen) atoms. The summed E-state index contributed by atoms with van der Waals surface area (Å²) in [7, 11) is 3.19. The zero-order chi connectivity index (χ0) is 16.9. The number of carbonyl (C=O) groups excluding carboxylic acids is 1. The van der Waals surface area contributed by atoms with E-state index in [2.05, 4.69) is 10.4 Å². The molecule has 0 saturated heterocycles. The van der Waals surface area contributed by atoms with Gasteiger partial charge in [0.25, 0.3) is 5.91 Å². The van der Waals surface area contributed by atoms with Crippen LogP contribution in [0.5, 0.6) is 11.5 Å². The molecule has 1 aliphatic rings. The summed E-state index contributed by atoms with van der Waals surface area (Å²) < 4.78 is 12.4. The van der Waals surface area contributed by atoms with Crippen LogP contribution >= 0.6 is 0 Å². The molecule has 128 valence electrons. The molecule has 1 aromatic carbocycles. The lowest BCUT2D eigenvalue weighted by atomic mass is 10.2. The molecule has 1 N–H and O–H groups in total. The second-order valence-corrected chi connectivity index (χ2v) is 5.99. The second-order valence-electron chi connectivity index (χ2n) is 5.99. The fraction of sp³-hybridized carbons (Fsp3) is 0.444. The van der Waals surface area contributed by atoms with Crippen molar-refractivity contribution in [1.29, 1.82) is 0 Å². The minimum absolute atomic E-state index is 0.165. The van der Waals surface area contributed by atoms with Crippen LogP contribution in [-0.2, 0) is 6.54 Å². The van der Waals surface area contributed by atoms with Gasteiger partial charge in [0, 0.05) is 12.7 Å². The highest BCUT2D eigenvalue weighted by molar-refractivity contribution is 5.92. The average molecular weight is 329 g/mol. The van der Waals surface area contributed by atoms with Gasteiger partial charge in [0.2, 0.25) is 0 Å². The van der Waals surface area contributed by atoms with Crippen LogP contribution < -0.4 is 14.8 Å². The van der Waals surface area contributed by atoms with E-state index in [1.807, 2.05) is 29.1 Å². The van der Waals surface area contributed by atoms with Gasteiger partial charge in [-0.2, -0.15) is 5.10 Å². The summed E-state index contributed by atoms with van der Waals surface area (Å²) in [5.74, 6) is 1.15. The van der Waals surface area contributed by atoms with Crippen molar-refractivity contribution in [1.82, 2.24) is 15.1 Å². The molecule has 1 aliphatic carbocycles. The van der Waals surface area contributed by atoms with Crippen LogP contribution in [0.1, 0.15) is 47.8 Å². The van der Waals surface area contributed by atoms with Gasteiger partial charge < -0.3 is 14.8 Å². The SMILES string of the molecule is COc1ccc(CNC(=O)c2ccn(C3CCCC3)n2)cc1OC. The maximum absolute atomic E-state index is 12.3. The molecule has 1 fully saturated rings. The van der Waals surface area contributed by atoms with E-state index in [4.69, 9.17) is 9.47 Å². The first-order chi connectivity index (χ1) is 11.7. The monoisotopic (exact) mass is 329 g/mol. The third kappa shape index (κ3) is 3.53. The van der Waals surface area contributed by atoms with Crippen molar-refractivity contribution in [2.75, 3.05) is 14.2 Å². The van der Waals surface area contributed by atoms with Crippen molar-refractivity contribution in [3.63, 3.8) is 0 Å². The highest BCUT2D eigenvalue weighted by atomic mass is 16.5. The molecule has 3 rings (SSSR count). The Morgan fingerprint density at radius 3 is 2.67 bits per heavy atom. The summed E-state index contributed by atoms with van der Waals surface area (Å²) in [6.45, 7) is 0.412. The van der Waals surface area contributed by atoms with E-state index in [9.17, 15) is 4.79 Å². The summed E-state index contributed by atoms with van der Waals surface area (Å²) in [6, 6.07) is 7.81. The normalized spacial score (nSPS) is 14.6. The smallest absolute Gasteiger partial charge is 0.272 e. The maximum atomic E-state index is 12.3. The molecule has 0 aliphatic heterocycles. The van der Waals surface area contributed by atoms with E-state index in [-0.39, 0.29) is 5.91 Å². The number of ether oxygens (including phenoxy) is 2. The Morgan fingerprint density at radius 1 is 1.21 bits per heavy atom.